The van der Waals surface area contributed by atoms with Crippen molar-refractivity contribution >= 4 is 35.2 Å². The van der Waals surface area contributed by atoms with Crippen LogP contribution in [0.25, 0.3) is 17.3 Å². The van der Waals surface area contributed by atoms with Gasteiger partial charge in [-0.1, -0.05) is 71.7 Å². The second kappa shape index (κ2) is 11.0. The number of H-pyrrole nitrogens is 1. The first-order chi connectivity index (χ1) is 16.9. The van der Waals surface area contributed by atoms with Crippen LogP contribution in [-0.4, -0.2) is 15.9 Å². The van der Waals surface area contributed by atoms with Crippen LogP contribution < -0.4 is 5.32 Å². The summed E-state index contributed by atoms with van der Waals surface area (Å²) in [5.74, 6) is -0.571. The number of hydrogen-bond donors (Lipinski definition) is 2. The van der Waals surface area contributed by atoms with Crippen LogP contribution in [0.15, 0.2) is 78.9 Å². The van der Waals surface area contributed by atoms with Crippen LogP contribution >= 0.6 is 23.2 Å². The Morgan fingerprint density at radius 2 is 1.91 bits per heavy atom. The van der Waals surface area contributed by atoms with Crippen LogP contribution in [0.3, 0.4) is 0 Å². The van der Waals surface area contributed by atoms with E-state index in [4.69, 9.17) is 28.5 Å². The zero-order valence-electron chi connectivity index (χ0n) is 18.3. The van der Waals surface area contributed by atoms with Crippen LogP contribution in [-0.2, 0) is 11.2 Å². The molecule has 2 N–H and O–H groups in total. The summed E-state index contributed by atoms with van der Waals surface area (Å²) in [5.41, 5.74) is 2.45. The Bertz CT molecular complexity index is 1430. The van der Waals surface area contributed by atoms with Gasteiger partial charge in [0.2, 0.25) is 5.91 Å². The fourth-order valence-electron chi connectivity index (χ4n) is 3.55. The van der Waals surface area contributed by atoms with Gasteiger partial charge in [-0.15, -0.1) is 0 Å². The smallest absolute Gasteiger partial charge is 0.244 e. The number of benzene rings is 3. The Balaban J connectivity index is 1.61. The molecule has 5 nitrogen and oxygen atoms in total. The van der Waals surface area contributed by atoms with E-state index in [2.05, 4.69) is 15.3 Å². The molecule has 0 aliphatic rings. The number of imidazole rings is 1. The monoisotopic (exact) mass is 504 g/mol. The number of nitrogens with zero attached hydrogens (tertiary/aromatic N) is 2. The minimum atomic E-state index is -0.661. The molecular weight excluding hydrogens is 486 g/mol. The summed E-state index contributed by atoms with van der Waals surface area (Å²) < 4.78 is 14.2. The maximum atomic E-state index is 14.2. The molecule has 4 rings (SSSR count). The van der Waals surface area contributed by atoms with Gasteiger partial charge >= 0.3 is 0 Å². The van der Waals surface area contributed by atoms with Gasteiger partial charge in [-0.3, -0.25) is 4.79 Å². The molecule has 8 heteroatoms. The van der Waals surface area contributed by atoms with Gasteiger partial charge in [0.25, 0.3) is 0 Å². The highest BCUT2D eigenvalue weighted by Gasteiger charge is 2.21. The van der Waals surface area contributed by atoms with Crippen LogP contribution in [0.4, 0.5) is 4.39 Å². The number of nitriles is 1. The number of nitrogens with one attached hydrogen (secondary N) is 2. The van der Waals surface area contributed by atoms with Crippen molar-refractivity contribution in [1.82, 2.24) is 15.3 Å². The van der Waals surface area contributed by atoms with E-state index in [0.29, 0.717) is 28.5 Å². The van der Waals surface area contributed by atoms with Gasteiger partial charge in [0.15, 0.2) is 0 Å². The maximum absolute atomic E-state index is 14.2. The van der Waals surface area contributed by atoms with Crippen LogP contribution in [0, 0.1) is 17.1 Å². The molecule has 0 aliphatic carbocycles. The van der Waals surface area contributed by atoms with Gasteiger partial charge in [-0.2, -0.15) is 5.26 Å². The van der Waals surface area contributed by atoms with E-state index < -0.39 is 11.9 Å². The molecule has 0 saturated carbocycles. The van der Waals surface area contributed by atoms with Gasteiger partial charge in [0.05, 0.1) is 11.6 Å². The Hall–Kier alpha value is -3.92. The van der Waals surface area contributed by atoms with Crippen molar-refractivity contribution in [2.24, 2.45) is 0 Å². The molecule has 0 saturated heterocycles. The molecule has 0 radical (unpaired) electrons. The molecular formula is C27H19Cl2FN4O. The third-order valence-electron chi connectivity index (χ3n) is 5.25. The molecule has 0 aliphatic heterocycles. The highest BCUT2D eigenvalue weighted by atomic mass is 35.5. The lowest BCUT2D eigenvalue weighted by Gasteiger charge is -2.16. The number of aromatic nitrogens is 2. The first kappa shape index (κ1) is 24.2. The van der Waals surface area contributed by atoms with E-state index >= 15 is 0 Å². The minimum absolute atomic E-state index is 0.0682. The van der Waals surface area contributed by atoms with Crippen molar-refractivity contribution in [3.8, 4) is 17.3 Å². The van der Waals surface area contributed by atoms with Crippen molar-refractivity contribution in [2.75, 3.05) is 0 Å². The van der Waals surface area contributed by atoms with Crippen molar-refractivity contribution in [1.29, 1.82) is 5.26 Å². The number of rotatable bonds is 7. The number of carbonyl (C=O) groups excluding carboxylic acids is 1. The third-order valence-corrected chi connectivity index (χ3v) is 5.75. The average molecular weight is 505 g/mol. The molecule has 174 valence electrons. The largest absolute Gasteiger partial charge is 0.342 e. The third kappa shape index (κ3) is 6.15. The van der Waals surface area contributed by atoms with E-state index in [9.17, 15) is 9.18 Å². The zero-order valence-corrected chi connectivity index (χ0v) is 19.8. The van der Waals surface area contributed by atoms with Gasteiger partial charge in [-0.25, -0.2) is 9.37 Å². The van der Waals surface area contributed by atoms with Crippen molar-refractivity contribution in [3.05, 3.63) is 117 Å². The first-order valence-corrected chi connectivity index (χ1v) is 11.4. The van der Waals surface area contributed by atoms with Gasteiger partial charge < -0.3 is 10.3 Å². The average Bonchev–Trinajstić information content (AvgIpc) is 3.24. The summed E-state index contributed by atoms with van der Waals surface area (Å²) in [5, 5.41) is 12.7. The molecule has 0 bridgehead atoms. The number of carbonyl (C=O) groups is 1. The Kier molecular flexibility index (Phi) is 7.61. The van der Waals surface area contributed by atoms with E-state index in [1.54, 1.807) is 36.4 Å². The molecule has 1 atom stereocenters. The summed E-state index contributed by atoms with van der Waals surface area (Å²) in [6.45, 7) is 0. The van der Waals surface area contributed by atoms with Crippen molar-refractivity contribution in [3.63, 3.8) is 0 Å². The zero-order chi connectivity index (χ0) is 24.8. The lowest BCUT2D eigenvalue weighted by molar-refractivity contribution is -0.117. The lowest BCUT2D eigenvalue weighted by Crippen LogP contribution is -2.29. The van der Waals surface area contributed by atoms with E-state index in [1.165, 1.54) is 18.2 Å². The summed E-state index contributed by atoms with van der Waals surface area (Å²) in [6, 6.07) is 22.2. The number of hydrogen-bond acceptors (Lipinski definition) is 3. The number of amides is 1. The van der Waals surface area contributed by atoms with Crippen LogP contribution in [0.2, 0.25) is 10.2 Å². The van der Waals surface area contributed by atoms with E-state index in [0.717, 1.165) is 11.1 Å². The SMILES string of the molecule is N#Cc1ccc(-c2nc([C@H](Cc3ccccc3)NC(=O)C=Cc3cccc(Cl)c3)[nH]c2Cl)cc1F. The summed E-state index contributed by atoms with van der Waals surface area (Å²) in [7, 11) is 0. The molecule has 1 heterocycles. The van der Waals surface area contributed by atoms with Crippen molar-refractivity contribution < 1.29 is 9.18 Å². The summed E-state index contributed by atoms with van der Waals surface area (Å²) >= 11 is 12.4. The molecule has 3 aromatic carbocycles. The predicted octanol–water partition coefficient (Wildman–Crippen LogP) is 6.51. The van der Waals surface area contributed by atoms with Gasteiger partial charge in [0.1, 0.15) is 28.6 Å². The Labute approximate surface area is 211 Å². The second-order valence-electron chi connectivity index (χ2n) is 7.73. The topological polar surface area (TPSA) is 81.6 Å². The molecule has 0 spiro atoms. The fourth-order valence-corrected chi connectivity index (χ4v) is 3.99. The molecule has 1 amide bonds. The maximum Gasteiger partial charge on any atom is 0.244 e. The molecule has 4 aromatic rings. The van der Waals surface area contributed by atoms with Gasteiger partial charge in [0, 0.05) is 16.7 Å². The Morgan fingerprint density at radius 3 is 2.63 bits per heavy atom. The van der Waals surface area contributed by atoms with Crippen LogP contribution in [0.1, 0.15) is 28.6 Å². The highest BCUT2D eigenvalue weighted by Crippen LogP contribution is 2.29. The lowest BCUT2D eigenvalue weighted by atomic mass is 10.1. The van der Waals surface area contributed by atoms with Crippen molar-refractivity contribution in [2.45, 2.75) is 12.5 Å². The number of halogens is 3. The first-order valence-electron chi connectivity index (χ1n) is 10.7. The molecule has 35 heavy (non-hydrogen) atoms. The molecule has 1 aromatic heterocycles. The molecule has 0 unspecified atom stereocenters. The van der Waals surface area contributed by atoms with E-state index in [1.807, 2.05) is 36.4 Å². The van der Waals surface area contributed by atoms with Crippen LogP contribution in [0.5, 0.6) is 0 Å². The second-order valence-corrected chi connectivity index (χ2v) is 8.54. The van der Waals surface area contributed by atoms with E-state index in [-0.39, 0.29) is 16.6 Å². The van der Waals surface area contributed by atoms with Gasteiger partial charge in [-0.05, 0) is 47.9 Å². The minimum Gasteiger partial charge on any atom is -0.342 e. The normalized spacial score (nSPS) is 11.8. The quantitative estimate of drug-likeness (QED) is 0.281. The fraction of sp³-hybridized carbons (Fsp3) is 0.0741. The predicted molar refractivity (Wildman–Crippen MR) is 135 cm³/mol. The summed E-state index contributed by atoms with van der Waals surface area (Å²) in [4.78, 5) is 20.3. The number of aromatic amines is 1. The molecule has 0 fully saturated rings. The standard InChI is InChI=1S/C27H19Cl2FN4O/c28-21-8-4-7-18(13-21)9-12-24(35)32-23(14-17-5-2-1-3-6-17)27-33-25(26(29)34-27)19-10-11-20(16-31)22(30)15-19/h1-13,15,23H,14H2,(H,32,35)(H,33,34)/t23-/m0/s1. The highest BCUT2D eigenvalue weighted by molar-refractivity contribution is 6.32. The Morgan fingerprint density at radius 1 is 1.11 bits per heavy atom. The summed E-state index contributed by atoms with van der Waals surface area (Å²) in [6.07, 6.45) is 3.54.